The molecule has 2 N–H and O–H groups in total. The third kappa shape index (κ3) is 1.32. The van der Waals surface area contributed by atoms with Crippen molar-refractivity contribution in [3.8, 4) is 11.5 Å². The third-order valence-corrected chi connectivity index (χ3v) is 1.58. The summed E-state index contributed by atoms with van der Waals surface area (Å²) in [5.74, 6) is -1.96. The van der Waals surface area contributed by atoms with Crippen molar-refractivity contribution in [2.75, 3.05) is 0 Å². The molecule has 0 aliphatic heterocycles. The molecule has 1 rings (SSSR count). The summed E-state index contributed by atoms with van der Waals surface area (Å²) >= 11 is 0. The first-order valence-electron chi connectivity index (χ1n) is 3.26. The van der Waals surface area contributed by atoms with Crippen LogP contribution in [0.25, 0.3) is 0 Å². The van der Waals surface area contributed by atoms with E-state index in [1.54, 1.807) is 0 Å². The largest absolute Gasteiger partial charge is 0.872 e. The van der Waals surface area contributed by atoms with Crippen molar-refractivity contribution in [1.29, 1.82) is 0 Å². The lowest BCUT2D eigenvalue weighted by Crippen LogP contribution is -2.00. The number of hydrogen-bond acceptors (Lipinski definition) is 3. The molecule has 0 bridgehead atoms. The molecule has 0 aromatic heterocycles. The van der Waals surface area contributed by atoms with Gasteiger partial charge in [0.15, 0.2) is 0 Å². The first kappa shape index (κ1) is 8.39. The molecular weight excluding hydrogens is 160 g/mol. The van der Waals surface area contributed by atoms with E-state index in [1.807, 2.05) is 0 Å². The fraction of sp³-hybridized carbons (Fsp3) is 0.125. The normalized spacial score (nSPS) is 9.75. The van der Waals surface area contributed by atoms with Crippen molar-refractivity contribution < 1.29 is 20.1 Å². The van der Waals surface area contributed by atoms with Crippen LogP contribution in [0.2, 0.25) is 0 Å². The summed E-state index contributed by atoms with van der Waals surface area (Å²) in [5, 5.41) is 28.5. The Morgan fingerprint density at radius 2 is 2.08 bits per heavy atom. The Balaban J connectivity index is 3.31. The van der Waals surface area contributed by atoms with E-state index in [-0.39, 0.29) is 16.9 Å². The predicted molar refractivity (Wildman–Crippen MR) is 39.2 cm³/mol. The first-order chi connectivity index (χ1) is 5.52. The monoisotopic (exact) mass is 167 g/mol. The second-order valence-electron chi connectivity index (χ2n) is 2.42. The Kier molecular flexibility index (Phi) is 1.91. The minimum atomic E-state index is -1.22. The maximum absolute atomic E-state index is 10.9. The van der Waals surface area contributed by atoms with Gasteiger partial charge in [-0.25, -0.2) is 4.79 Å². The minimum Gasteiger partial charge on any atom is -0.872 e. The number of phenolic OH excluding ortho intramolecular Hbond substituents is 1. The molecule has 1 aromatic rings. The molecule has 0 heterocycles. The highest BCUT2D eigenvalue weighted by atomic mass is 16.4. The van der Waals surface area contributed by atoms with Crippen LogP contribution in [0.1, 0.15) is 15.9 Å². The number of rotatable bonds is 1. The highest BCUT2D eigenvalue weighted by Gasteiger charge is 2.05. The summed E-state index contributed by atoms with van der Waals surface area (Å²) in [7, 11) is 0. The summed E-state index contributed by atoms with van der Waals surface area (Å²) in [4.78, 5) is 10.4. The van der Waals surface area contributed by atoms with E-state index < -0.39 is 11.7 Å². The lowest BCUT2D eigenvalue weighted by atomic mass is 10.1. The molecule has 1 aromatic carbocycles. The fourth-order valence-corrected chi connectivity index (χ4v) is 0.796. The first-order valence-corrected chi connectivity index (χ1v) is 3.26. The molecular formula is C8H7O4-. The van der Waals surface area contributed by atoms with E-state index in [2.05, 4.69) is 0 Å². The van der Waals surface area contributed by atoms with Crippen molar-refractivity contribution >= 4 is 5.97 Å². The Morgan fingerprint density at radius 3 is 2.50 bits per heavy atom. The average molecular weight is 167 g/mol. The van der Waals surface area contributed by atoms with Gasteiger partial charge in [0, 0.05) is 0 Å². The van der Waals surface area contributed by atoms with Crippen LogP contribution in [0, 0.1) is 6.92 Å². The second-order valence-corrected chi connectivity index (χ2v) is 2.42. The Labute approximate surface area is 68.7 Å². The van der Waals surface area contributed by atoms with Crippen LogP contribution in [0.15, 0.2) is 12.1 Å². The van der Waals surface area contributed by atoms with Crippen molar-refractivity contribution in [2.24, 2.45) is 0 Å². The molecule has 4 nitrogen and oxygen atoms in total. The second kappa shape index (κ2) is 2.73. The van der Waals surface area contributed by atoms with Crippen LogP contribution >= 0.6 is 0 Å². The lowest BCUT2D eigenvalue weighted by Gasteiger charge is -2.11. The zero-order valence-corrected chi connectivity index (χ0v) is 6.37. The number of carbonyl (C=O) groups is 1. The van der Waals surface area contributed by atoms with Crippen LogP contribution in [-0.4, -0.2) is 16.2 Å². The molecule has 12 heavy (non-hydrogen) atoms. The Hall–Kier alpha value is -1.71. The standard InChI is InChI=1S/C8H8O4/c1-4-6(9)2-5(8(11)12)3-7(4)10/h2-3,9-10H,1H3,(H,11,12)/p-1. The number of aromatic hydroxyl groups is 1. The summed E-state index contributed by atoms with van der Waals surface area (Å²) in [6.07, 6.45) is 0. The maximum Gasteiger partial charge on any atom is 0.335 e. The zero-order valence-electron chi connectivity index (χ0n) is 6.37. The van der Waals surface area contributed by atoms with Crippen LogP contribution in [-0.2, 0) is 0 Å². The molecule has 0 aliphatic carbocycles. The van der Waals surface area contributed by atoms with E-state index >= 15 is 0 Å². The van der Waals surface area contributed by atoms with Gasteiger partial charge in [0.2, 0.25) is 0 Å². The van der Waals surface area contributed by atoms with Gasteiger partial charge < -0.3 is 15.3 Å². The van der Waals surface area contributed by atoms with Gasteiger partial charge in [-0.3, -0.25) is 0 Å². The Bertz CT molecular complexity index is 307. The molecule has 0 unspecified atom stereocenters. The van der Waals surface area contributed by atoms with Crippen molar-refractivity contribution in [1.82, 2.24) is 0 Å². The van der Waals surface area contributed by atoms with Gasteiger partial charge in [0.1, 0.15) is 5.75 Å². The Morgan fingerprint density at radius 1 is 1.50 bits per heavy atom. The van der Waals surface area contributed by atoms with Crippen molar-refractivity contribution in [2.45, 2.75) is 6.92 Å². The molecule has 0 aliphatic rings. The smallest absolute Gasteiger partial charge is 0.335 e. The fourth-order valence-electron chi connectivity index (χ4n) is 0.796. The lowest BCUT2D eigenvalue weighted by molar-refractivity contribution is -0.269. The topological polar surface area (TPSA) is 80.6 Å². The van der Waals surface area contributed by atoms with Crippen molar-refractivity contribution in [3.05, 3.63) is 23.3 Å². The van der Waals surface area contributed by atoms with Crippen LogP contribution in [0.3, 0.4) is 0 Å². The van der Waals surface area contributed by atoms with Gasteiger partial charge >= 0.3 is 5.97 Å². The minimum absolute atomic E-state index is 0.167. The number of benzene rings is 1. The molecule has 0 spiro atoms. The van der Waals surface area contributed by atoms with Crippen LogP contribution in [0.5, 0.6) is 11.5 Å². The van der Waals surface area contributed by atoms with Gasteiger partial charge in [-0.2, -0.15) is 0 Å². The molecule has 4 heteroatoms. The van der Waals surface area contributed by atoms with Gasteiger partial charge in [0.25, 0.3) is 0 Å². The number of hydrogen-bond donors (Lipinski definition) is 2. The van der Waals surface area contributed by atoms with E-state index in [0.29, 0.717) is 0 Å². The molecule has 0 radical (unpaired) electrons. The molecule has 64 valence electrons. The quantitative estimate of drug-likeness (QED) is 0.637. The van der Waals surface area contributed by atoms with Gasteiger partial charge in [-0.15, -0.1) is 5.75 Å². The van der Waals surface area contributed by atoms with Gasteiger partial charge in [-0.05, 0) is 18.6 Å². The highest BCUT2D eigenvalue weighted by molar-refractivity contribution is 5.88. The summed E-state index contributed by atoms with van der Waals surface area (Å²) in [5.41, 5.74) is -0.0249. The molecule has 0 saturated carbocycles. The average Bonchev–Trinajstić information content (AvgIpc) is 1.99. The molecule has 0 amide bonds. The van der Waals surface area contributed by atoms with E-state index in [9.17, 15) is 9.90 Å². The van der Waals surface area contributed by atoms with E-state index in [1.165, 1.54) is 6.92 Å². The van der Waals surface area contributed by atoms with E-state index in [0.717, 1.165) is 12.1 Å². The van der Waals surface area contributed by atoms with Gasteiger partial charge in [-0.1, -0.05) is 6.07 Å². The zero-order chi connectivity index (χ0) is 9.30. The summed E-state index contributed by atoms with van der Waals surface area (Å²) < 4.78 is 0. The van der Waals surface area contributed by atoms with Crippen LogP contribution in [0.4, 0.5) is 0 Å². The van der Waals surface area contributed by atoms with E-state index in [4.69, 9.17) is 10.2 Å². The summed E-state index contributed by atoms with van der Waals surface area (Å²) in [6.45, 7) is 1.43. The van der Waals surface area contributed by atoms with Crippen molar-refractivity contribution in [3.63, 3.8) is 0 Å². The van der Waals surface area contributed by atoms with Gasteiger partial charge in [0.05, 0.1) is 5.56 Å². The highest BCUT2D eigenvalue weighted by Crippen LogP contribution is 2.25. The maximum atomic E-state index is 10.9. The number of carboxylic acids is 1. The molecule has 0 fully saturated rings. The number of carboxylic acid groups (broad SMARTS) is 1. The number of aromatic carboxylic acids is 1. The predicted octanol–water partition coefficient (Wildman–Crippen LogP) is 0.472. The third-order valence-electron chi connectivity index (χ3n) is 1.58. The van der Waals surface area contributed by atoms with Crippen LogP contribution < -0.4 is 5.11 Å². The molecule has 0 atom stereocenters. The molecule has 0 saturated heterocycles. The SMILES string of the molecule is Cc1c([O-])cc(C(=O)O)cc1O. The number of phenols is 1. The summed E-state index contributed by atoms with van der Waals surface area (Å²) in [6, 6.07) is 2.04.